The maximum atomic E-state index is 10.1. The highest BCUT2D eigenvalue weighted by Gasteiger charge is 2.37. The van der Waals surface area contributed by atoms with Gasteiger partial charge in [-0.05, 0) is 118 Å². The van der Waals surface area contributed by atoms with Gasteiger partial charge in [0.1, 0.15) is 12.1 Å². The SMILES string of the molecule is Cc1c(-c2nc(-c3ccccc3)cc(-c3ccccc3)n2)cc(-c2nc(-c3ccccc3)cc(-c3ccccc3)n2)c(C)c1-c1cccc(-c2ccc3c(c2)-c2cc4c5ccccc5n(-c5nc(C#N)c(C#N)n5C)c4cc2C3(C)C)c1. The number of hydrogen-bond donors (Lipinski definition) is 0. The molecule has 9 aromatic carbocycles. The lowest BCUT2D eigenvalue weighted by Gasteiger charge is -2.22. The number of benzene rings is 9. The van der Waals surface area contributed by atoms with Crippen molar-refractivity contribution in [1.29, 1.82) is 10.5 Å². The molecule has 0 N–H and O–H groups in total. The fraction of sp³-hybridized carbons (Fsp3) is 0.0822. The molecule has 13 aromatic rings. The molecule has 0 fully saturated rings. The minimum absolute atomic E-state index is 0.106. The maximum absolute atomic E-state index is 10.1. The second-order valence-electron chi connectivity index (χ2n) is 21.6. The van der Waals surface area contributed by atoms with E-state index in [1.807, 2.05) is 78.9 Å². The first kappa shape index (κ1) is 49.4. The lowest BCUT2D eigenvalue weighted by Crippen LogP contribution is -2.15. The Morgan fingerprint density at radius 2 is 0.866 bits per heavy atom. The Hall–Kier alpha value is -10.9. The standard InChI is InChI=1S/C73H51N9/c1-44-54(70-76-61(46-21-10-6-11-22-46)40-62(77-70)47-23-12-7-13-24-47)37-55(71-78-63(48-25-14-8-15-26-48)41-64(79-71)49-27-16-9-17-28-49)45(2)69(44)52-30-20-29-50(35-52)51-33-34-59-56(36-51)57-38-58-53-31-18-19-32-66(53)82(67(58)39-60(57)73(59,3)4)72-80-65(42-74)68(43-75)81(72)5/h6-41H,1-5H3. The first-order valence-electron chi connectivity index (χ1n) is 27.4. The molecule has 0 radical (unpaired) electrons. The number of nitriles is 2. The van der Waals surface area contributed by atoms with Crippen molar-refractivity contribution >= 4 is 21.8 Å². The molecule has 0 saturated heterocycles. The van der Waals surface area contributed by atoms with Crippen LogP contribution >= 0.6 is 0 Å². The molecule has 9 nitrogen and oxygen atoms in total. The van der Waals surface area contributed by atoms with Gasteiger partial charge in [0.2, 0.25) is 5.95 Å². The van der Waals surface area contributed by atoms with Gasteiger partial charge in [-0.25, -0.2) is 19.9 Å². The van der Waals surface area contributed by atoms with Gasteiger partial charge in [0.25, 0.3) is 0 Å². The highest BCUT2D eigenvalue weighted by molar-refractivity contribution is 6.11. The first-order chi connectivity index (χ1) is 40.1. The maximum Gasteiger partial charge on any atom is 0.216 e. The molecule has 0 spiro atoms. The zero-order valence-electron chi connectivity index (χ0n) is 45.8. The molecule has 9 heteroatoms. The van der Waals surface area contributed by atoms with E-state index in [0.717, 1.165) is 111 Å². The zero-order valence-corrected chi connectivity index (χ0v) is 45.8. The second-order valence-corrected chi connectivity index (χ2v) is 21.6. The van der Waals surface area contributed by atoms with E-state index in [-0.39, 0.29) is 16.8 Å². The third kappa shape index (κ3) is 8.09. The predicted molar refractivity (Wildman–Crippen MR) is 329 cm³/mol. The highest BCUT2D eigenvalue weighted by atomic mass is 15.2. The van der Waals surface area contributed by atoms with E-state index in [0.29, 0.717) is 17.6 Å². The smallest absolute Gasteiger partial charge is 0.216 e. The Kier molecular flexibility index (Phi) is 11.7. The average Bonchev–Trinajstić information content (AvgIpc) is 2.10. The van der Waals surface area contributed by atoms with Crippen LogP contribution in [-0.2, 0) is 12.5 Å². The van der Waals surface area contributed by atoms with Gasteiger partial charge in [-0.3, -0.25) is 4.57 Å². The minimum Gasteiger partial charge on any atom is -0.303 e. The van der Waals surface area contributed by atoms with Crippen LogP contribution in [0, 0.1) is 36.5 Å². The summed E-state index contributed by atoms with van der Waals surface area (Å²) in [5, 5.41) is 22.2. The quantitative estimate of drug-likeness (QED) is 0.141. The molecule has 0 bridgehead atoms. The molecule has 4 heterocycles. The summed E-state index contributed by atoms with van der Waals surface area (Å²) in [5.74, 6) is 1.73. The van der Waals surface area contributed by atoms with Crippen LogP contribution < -0.4 is 0 Å². The Balaban J connectivity index is 0.960. The number of aromatic nitrogens is 7. The van der Waals surface area contributed by atoms with Crippen molar-refractivity contribution in [2.75, 3.05) is 0 Å². The van der Waals surface area contributed by atoms with Crippen molar-refractivity contribution in [2.24, 2.45) is 7.05 Å². The van der Waals surface area contributed by atoms with E-state index in [1.165, 1.54) is 22.3 Å². The molecular weight excluding hydrogens is 1000 g/mol. The molecule has 1 aliphatic rings. The number of nitrogens with zero attached hydrogens (tertiary/aromatic N) is 9. The van der Waals surface area contributed by atoms with E-state index in [2.05, 4.69) is 184 Å². The van der Waals surface area contributed by atoms with Crippen molar-refractivity contribution in [2.45, 2.75) is 33.1 Å². The van der Waals surface area contributed by atoms with Crippen molar-refractivity contribution in [3.05, 3.63) is 252 Å². The summed E-state index contributed by atoms with van der Waals surface area (Å²) in [5.41, 5.74) is 22.1. The van der Waals surface area contributed by atoms with Crippen molar-refractivity contribution in [3.8, 4) is 119 Å². The van der Waals surface area contributed by atoms with Gasteiger partial charge in [0.05, 0.1) is 33.8 Å². The van der Waals surface area contributed by atoms with Crippen LogP contribution in [0.3, 0.4) is 0 Å². The Bertz CT molecular complexity index is 4540. The Morgan fingerprint density at radius 3 is 1.38 bits per heavy atom. The van der Waals surface area contributed by atoms with Gasteiger partial charge in [-0.2, -0.15) is 15.5 Å². The highest BCUT2D eigenvalue weighted by Crippen LogP contribution is 2.52. The summed E-state index contributed by atoms with van der Waals surface area (Å²) in [6.07, 6.45) is 0. The summed E-state index contributed by atoms with van der Waals surface area (Å²) in [6.45, 7) is 8.96. The summed E-state index contributed by atoms with van der Waals surface area (Å²) in [4.78, 5) is 26.3. The molecular formula is C73H51N9. The molecule has 0 saturated carbocycles. The van der Waals surface area contributed by atoms with Crippen LogP contribution in [0.5, 0.6) is 0 Å². The molecule has 0 unspecified atom stereocenters. The Morgan fingerprint density at radius 1 is 0.390 bits per heavy atom. The van der Waals surface area contributed by atoms with E-state index in [9.17, 15) is 10.5 Å². The first-order valence-corrected chi connectivity index (χ1v) is 27.4. The monoisotopic (exact) mass is 1050 g/mol. The summed E-state index contributed by atoms with van der Waals surface area (Å²) in [6, 6.07) is 80.6. The van der Waals surface area contributed by atoms with Crippen molar-refractivity contribution in [1.82, 2.24) is 34.1 Å². The third-order valence-corrected chi connectivity index (χ3v) is 16.5. The molecule has 14 rings (SSSR count). The number of hydrogen-bond acceptors (Lipinski definition) is 7. The lowest BCUT2D eigenvalue weighted by molar-refractivity contribution is 0.661. The van der Waals surface area contributed by atoms with Crippen LogP contribution in [0.1, 0.15) is 47.5 Å². The molecule has 82 heavy (non-hydrogen) atoms. The van der Waals surface area contributed by atoms with Crippen molar-refractivity contribution in [3.63, 3.8) is 0 Å². The fourth-order valence-electron chi connectivity index (χ4n) is 12.3. The molecule has 4 aromatic heterocycles. The van der Waals surface area contributed by atoms with E-state index >= 15 is 0 Å². The van der Waals surface area contributed by atoms with Crippen LogP contribution in [0.15, 0.2) is 218 Å². The molecule has 0 atom stereocenters. The third-order valence-electron chi connectivity index (χ3n) is 16.5. The number of para-hydroxylation sites is 1. The van der Waals surface area contributed by atoms with E-state index in [4.69, 9.17) is 24.9 Å². The van der Waals surface area contributed by atoms with Gasteiger partial charge in [0.15, 0.2) is 23.0 Å². The Labute approximate surface area is 475 Å². The van der Waals surface area contributed by atoms with Crippen LogP contribution in [-0.4, -0.2) is 34.1 Å². The largest absolute Gasteiger partial charge is 0.303 e. The van der Waals surface area contributed by atoms with Crippen molar-refractivity contribution < 1.29 is 0 Å². The number of rotatable bonds is 9. The fourth-order valence-corrected chi connectivity index (χ4v) is 12.3. The zero-order chi connectivity index (χ0) is 55.8. The van der Waals surface area contributed by atoms with Crippen LogP contribution in [0.4, 0.5) is 0 Å². The van der Waals surface area contributed by atoms with E-state index in [1.54, 1.807) is 11.6 Å². The topological polar surface area (TPSA) is 122 Å². The van der Waals surface area contributed by atoms with Gasteiger partial charge >= 0.3 is 0 Å². The summed E-state index contributed by atoms with van der Waals surface area (Å²) in [7, 11) is 1.80. The van der Waals surface area contributed by atoms with Gasteiger partial charge in [-0.1, -0.05) is 184 Å². The molecule has 0 aliphatic heterocycles. The molecule has 388 valence electrons. The predicted octanol–water partition coefficient (Wildman–Crippen LogP) is 17.1. The van der Waals surface area contributed by atoms with Crippen LogP contribution in [0.2, 0.25) is 0 Å². The average molecular weight is 1050 g/mol. The van der Waals surface area contributed by atoms with Gasteiger partial charge in [-0.15, -0.1) is 0 Å². The van der Waals surface area contributed by atoms with Gasteiger partial charge in [0, 0.05) is 56.6 Å². The van der Waals surface area contributed by atoms with E-state index < -0.39 is 0 Å². The number of fused-ring (bicyclic) bond motifs is 6. The summed E-state index contributed by atoms with van der Waals surface area (Å²) < 4.78 is 3.81. The van der Waals surface area contributed by atoms with Crippen LogP contribution in [0.25, 0.3) is 129 Å². The minimum atomic E-state index is -0.344. The second kappa shape index (κ2) is 19.5. The molecule has 1 aliphatic carbocycles. The normalized spacial score (nSPS) is 12.3. The number of imidazole rings is 1. The summed E-state index contributed by atoms with van der Waals surface area (Å²) >= 11 is 0. The molecule has 0 amide bonds. The van der Waals surface area contributed by atoms with Gasteiger partial charge < -0.3 is 4.57 Å². The lowest BCUT2D eigenvalue weighted by atomic mass is 9.82.